The third kappa shape index (κ3) is 4.14. The molecule has 0 unspecified atom stereocenters. The van der Waals surface area contributed by atoms with Gasteiger partial charge in [0.2, 0.25) is 0 Å². The maximum Gasteiger partial charge on any atom is 0.0732 e. The Morgan fingerprint density at radius 1 is 1.24 bits per heavy atom. The molecule has 0 aromatic heterocycles. The second-order valence-electron chi connectivity index (χ2n) is 4.28. The molecule has 0 aliphatic carbocycles. The van der Waals surface area contributed by atoms with Crippen LogP contribution in [0.3, 0.4) is 0 Å². The van der Waals surface area contributed by atoms with Crippen LogP contribution in [0.5, 0.6) is 0 Å². The Morgan fingerprint density at radius 3 is 2.47 bits per heavy atom. The molecule has 0 saturated carbocycles. The third-order valence-electron chi connectivity index (χ3n) is 3.09. The van der Waals surface area contributed by atoms with Crippen molar-refractivity contribution in [2.75, 3.05) is 6.61 Å². The van der Waals surface area contributed by atoms with Crippen LogP contribution in [-0.4, -0.2) is 12.1 Å². The lowest BCUT2D eigenvalue weighted by molar-refractivity contribution is 0.0697. The van der Waals surface area contributed by atoms with Crippen LogP contribution in [-0.2, 0) is 11.3 Å². The van der Waals surface area contributed by atoms with Gasteiger partial charge in [-0.2, -0.15) is 0 Å². The second kappa shape index (κ2) is 6.60. The fraction of sp³-hybridized carbons (Fsp3) is 0.538. The first kappa shape index (κ1) is 14.8. The predicted molar refractivity (Wildman–Crippen MR) is 73.6 cm³/mol. The normalized spacial score (nSPS) is 11.8. The molecule has 0 aliphatic heterocycles. The molecule has 2 nitrogen and oxygen atoms in total. The van der Waals surface area contributed by atoms with Gasteiger partial charge in [0.05, 0.1) is 23.3 Å². The van der Waals surface area contributed by atoms with Gasteiger partial charge in [-0.15, -0.1) is 0 Å². The van der Waals surface area contributed by atoms with Gasteiger partial charge >= 0.3 is 0 Å². The van der Waals surface area contributed by atoms with Crippen LogP contribution in [0.15, 0.2) is 18.2 Å². The molecule has 0 atom stereocenters. The van der Waals surface area contributed by atoms with Crippen LogP contribution in [0, 0.1) is 0 Å². The molecule has 0 spiro atoms. The quantitative estimate of drug-likeness (QED) is 0.851. The van der Waals surface area contributed by atoms with Crippen molar-refractivity contribution in [2.45, 2.75) is 38.8 Å². The van der Waals surface area contributed by atoms with E-state index in [-0.39, 0.29) is 5.54 Å². The topological polar surface area (TPSA) is 35.2 Å². The Balaban J connectivity index is 2.54. The summed E-state index contributed by atoms with van der Waals surface area (Å²) in [6.07, 6.45) is 1.79. The van der Waals surface area contributed by atoms with Crippen LogP contribution in [0.1, 0.15) is 32.3 Å². The zero-order valence-corrected chi connectivity index (χ0v) is 11.8. The first-order valence-corrected chi connectivity index (χ1v) is 6.57. The number of hydrogen-bond donors (Lipinski definition) is 1. The summed E-state index contributed by atoms with van der Waals surface area (Å²) < 4.78 is 5.63. The van der Waals surface area contributed by atoms with Gasteiger partial charge in [0.25, 0.3) is 0 Å². The number of benzene rings is 1. The fourth-order valence-electron chi connectivity index (χ4n) is 1.48. The molecule has 0 radical (unpaired) electrons. The molecule has 0 bridgehead atoms. The van der Waals surface area contributed by atoms with E-state index in [0.29, 0.717) is 23.3 Å². The summed E-state index contributed by atoms with van der Waals surface area (Å²) in [4.78, 5) is 0. The second-order valence-corrected chi connectivity index (χ2v) is 5.06. The standard InChI is InChI=1S/C13H19Cl2NO/c1-3-13(16,4-2)9-17-8-10-6-5-7-11(14)12(10)15/h5-7H,3-4,8-9,16H2,1-2H3. The summed E-state index contributed by atoms with van der Waals surface area (Å²) in [5, 5.41) is 1.11. The van der Waals surface area contributed by atoms with E-state index in [4.69, 9.17) is 33.7 Å². The minimum absolute atomic E-state index is 0.245. The highest BCUT2D eigenvalue weighted by Crippen LogP contribution is 2.26. The first-order valence-electron chi connectivity index (χ1n) is 5.82. The van der Waals surface area contributed by atoms with Crippen LogP contribution in [0.25, 0.3) is 0 Å². The maximum absolute atomic E-state index is 6.14. The lowest BCUT2D eigenvalue weighted by atomic mass is 9.96. The van der Waals surface area contributed by atoms with Crippen molar-refractivity contribution >= 4 is 23.2 Å². The smallest absolute Gasteiger partial charge is 0.0732 e. The highest BCUT2D eigenvalue weighted by molar-refractivity contribution is 6.42. The number of rotatable bonds is 6. The van der Waals surface area contributed by atoms with Gasteiger partial charge in [-0.05, 0) is 24.5 Å². The minimum Gasteiger partial charge on any atom is -0.375 e. The molecule has 1 aromatic carbocycles. The third-order valence-corrected chi connectivity index (χ3v) is 3.94. The summed E-state index contributed by atoms with van der Waals surface area (Å²) in [6.45, 7) is 5.11. The van der Waals surface area contributed by atoms with Crippen molar-refractivity contribution < 1.29 is 4.74 Å². The van der Waals surface area contributed by atoms with Crippen LogP contribution in [0.2, 0.25) is 10.0 Å². The molecule has 4 heteroatoms. The van der Waals surface area contributed by atoms with Gasteiger partial charge in [0.1, 0.15) is 0 Å². The Kier molecular flexibility index (Phi) is 5.74. The van der Waals surface area contributed by atoms with E-state index in [9.17, 15) is 0 Å². The molecule has 96 valence electrons. The molecule has 0 saturated heterocycles. The van der Waals surface area contributed by atoms with Crippen LogP contribution >= 0.6 is 23.2 Å². The van der Waals surface area contributed by atoms with Gasteiger partial charge in [-0.25, -0.2) is 0 Å². The van der Waals surface area contributed by atoms with Crippen molar-refractivity contribution in [3.8, 4) is 0 Å². The summed E-state index contributed by atoms with van der Waals surface area (Å²) in [5.74, 6) is 0. The Hall–Kier alpha value is -0.280. The fourth-order valence-corrected chi connectivity index (χ4v) is 1.85. The SMILES string of the molecule is CCC(N)(CC)COCc1cccc(Cl)c1Cl. The van der Waals surface area contributed by atoms with Gasteiger partial charge in [0, 0.05) is 5.54 Å². The lowest BCUT2D eigenvalue weighted by Gasteiger charge is -2.26. The average molecular weight is 276 g/mol. The minimum atomic E-state index is -0.245. The van der Waals surface area contributed by atoms with Crippen molar-refractivity contribution in [3.05, 3.63) is 33.8 Å². The number of halogens is 2. The first-order chi connectivity index (χ1) is 8.02. The molecule has 1 rings (SSSR count). The van der Waals surface area contributed by atoms with E-state index < -0.39 is 0 Å². The summed E-state index contributed by atoms with van der Waals surface area (Å²) in [5.41, 5.74) is 6.80. The van der Waals surface area contributed by atoms with Crippen molar-refractivity contribution in [1.82, 2.24) is 0 Å². The number of nitrogens with two attached hydrogens (primary N) is 1. The van der Waals surface area contributed by atoms with Crippen molar-refractivity contribution in [2.24, 2.45) is 5.73 Å². The summed E-state index contributed by atoms with van der Waals surface area (Å²) in [6, 6.07) is 5.53. The molecule has 0 heterocycles. The van der Waals surface area contributed by atoms with Gasteiger partial charge in [-0.1, -0.05) is 49.2 Å². The van der Waals surface area contributed by atoms with E-state index in [1.54, 1.807) is 6.07 Å². The van der Waals surface area contributed by atoms with E-state index in [2.05, 4.69) is 13.8 Å². The van der Waals surface area contributed by atoms with Crippen molar-refractivity contribution in [1.29, 1.82) is 0 Å². The van der Waals surface area contributed by atoms with Crippen LogP contribution < -0.4 is 5.73 Å². The van der Waals surface area contributed by atoms with Crippen molar-refractivity contribution in [3.63, 3.8) is 0 Å². The highest BCUT2D eigenvalue weighted by atomic mass is 35.5. The van der Waals surface area contributed by atoms with E-state index in [1.807, 2.05) is 12.1 Å². The van der Waals surface area contributed by atoms with E-state index >= 15 is 0 Å². The zero-order valence-electron chi connectivity index (χ0n) is 10.3. The Morgan fingerprint density at radius 2 is 1.88 bits per heavy atom. The predicted octanol–water partition coefficient (Wildman–Crippen LogP) is 4.03. The Labute approximate surface area is 113 Å². The molecular formula is C13H19Cl2NO. The van der Waals surface area contributed by atoms with E-state index in [0.717, 1.165) is 18.4 Å². The average Bonchev–Trinajstić information content (AvgIpc) is 2.34. The highest BCUT2D eigenvalue weighted by Gasteiger charge is 2.20. The van der Waals surface area contributed by atoms with Gasteiger partial charge < -0.3 is 10.5 Å². The largest absolute Gasteiger partial charge is 0.375 e. The monoisotopic (exact) mass is 275 g/mol. The molecule has 1 aromatic rings. The summed E-state index contributed by atoms with van der Waals surface area (Å²) in [7, 11) is 0. The zero-order chi connectivity index (χ0) is 12.9. The maximum atomic E-state index is 6.14. The molecule has 2 N–H and O–H groups in total. The molecule has 0 fully saturated rings. The Bertz CT molecular complexity index is 364. The van der Waals surface area contributed by atoms with Gasteiger partial charge in [-0.3, -0.25) is 0 Å². The molecule has 0 aliphatic rings. The lowest BCUT2D eigenvalue weighted by Crippen LogP contribution is -2.43. The molecule has 17 heavy (non-hydrogen) atoms. The van der Waals surface area contributed by atoms with Crippen LogP contribution in [0.4, 0.5) is 0 Å². The van der Waals surface area contributed by atoms with Gasteiger partial charge in [0.15, 0.2) is 0 Å². The van der Waals surface area contributed by atoms with E-state index in [1.165, 1.54) is 0 Å². The summed E-state index contributed by atoms with van der Waals surface area (Å²) >= 11 is 12.0. The molecule has 0 amide bonds. The number of ether oxygens (including phenoxy) is 1. The number of hydrogen-bond acceptors (Lipinski definition) is 2. The molecular weight excluding hydrogens is 257 g/mol.